The number of aromatic carboxylic acids is 1. The number of anilines is 6. The van der Waals surface area contributed by atoms with E-state index in [1.54, 1.807) is 0 Å². The number of thiocarbonyl (C=S) groups is 2. The Morgan fingerprint density at radius 1 is 0.439 bits per heavy atom. The third-order valence-electron chi connectivity index (χ3n) is 14.7. The van der Waals surface area contributed by atoms with Gasteiger partial charge in [0.05, 0.1) is 62.5 Å². The third-order valence-corrected chi connectivity index (χ3v) is 14.7. The second-order valence-corrected chi connectivity index (χ2v) is 20.7. The van der Waals surface area contributed by atoms with Crippen molar-refractivity contribution in [2.45, 2.75) is 38.5 Å². The predicted molar refractivity (Wildman–Crippen MR) is 337 cm³/mol. The molecule has 0 saturated heterocycles. The summed E-state index contributed by atoms with van der Waals surface area (Å²) in [6, 6.07) is 68.9. The van der Waals surface area contributed by atoms with Crippen LogP contribution in [0.3, 0.4) is 0 Å². The Hall–Kier alpha value is -9.31. The number of pyridine rings is 4. The molecule has 0 radical (unpaired) electrons. The minimum atomic E-state index is -1.03. The number of carboxylic acid groups (broad SMARTS) is 1. The molecule has 82 heavy (non-hydrogen) atoms. The molecule has 400 valence electrons. The van der Waals surface area contributed by atoms with Gasteiger partial charge in [0.15, 0.2) is 0 Å². The molecule has 0 aliphatic carbocycles. The Bertz CT molecular complexity index is 4020. The van der Waals surface area contributed by atoms with Crippen molar-refractivity contribution in [3.63, 3.8) is 0 Å². The first kappa shape index (κ1) is 57.4. The van der Waals surface area contributed by atoms with Gasteiger partial charge < -0.3 is 25.7 Å². The number of para-hydroxylation sites is 4. The van der Waals surface area contributed by atoms with Crippen LogP contribution in [0, 0.1) is 0 Å². The number of hydrogen-bond donors (Lipinski definition) is 1. The van der Waals surface area contributed by atoms with Crippen LogP contribution in [-0.4, -0.2) is 41.3 Å². The van der Waals surface area contributed by atoms with Crippen molar-refractivity contribution >= 4 is 99.2 Å². The van der Waals surface area contributed by atoms with Crippen molar-refractivity contribution in [2.75, 3.05) is 9.80 Å². The standard InChI is InChI=1S/C67H52N6O2.2CNS.Ru/c1-66(2)51-14-5-9-20-61(51)72(62-21-10-6-15-52(62)66)49-32-28-44(29-33-49)24-26-46-36-38-68-57(40-46)60-42-47(41-59(71-60)56-19-13-18-55(70-56)58-43-48(65(74)75)37-39-69-58)27-25-45-30-34-50(35-31-45)73-63-22-11-7-16-53(63)67(3,4)54-17-8-12-23-64(54)73;2*2-1-3;/h5-43H,1-4H3,(H,74,75);;;/q;2*-1;+2/b26-24+,27-25+;;;. The summed E-state index contributed by atoms with van der Waals surface area (Å²) >= 11 is 7.40. The summed E-state index contributed by atoms with van der Waals surface area (Å²) in [6.07, 6.45) is 11.7. The van der Waals surface area contributed by atoms with Gasteiger partial charge in [-0.3, -0.25) is 9.97 Å². The van der Waals surface area contributed by atoms with Crippen LogP contribution in [0.2, 0.25) is 0 Å². The van der Waals surface area contributed by atoms with Gasteiger partial charge in [-0.25, -0.2) is 14.8 Å². The molecule has 0 saturated carbocycles. The zero-order valence-electron chi connectivity index (χ0n) is 45.1. The third kappa shape index (κ3) is 11.8. The zero-order chi connectivity index (χ0) is 56.7. The van der Waals surface area contributed by atoms with E-state index in [2.05, 4.69) is 243 Å². The van der Waals surface area contributed by atoms with E-state index < -0.39 is 5.97 Å². The number of rotatable bonds is 10. The van der Waals surface area contributed by atoms with Crippen LogP contribution in [0.5, 0.6) is 0 Å². The van der Waals surface area contributed by atoms with E-state index in [1.165, 1.54) is 73.7 Å². The van der Waals surface area contributed by atoms with Crippen LogP contribution < -0.4 is 9.80 Å². The summed E-state index contributed by atoms with van der Waals surface area (Å²) < 4.78 is 0. The van der Waals surface area contributed by atoms with E-state index in [1.807, 2.05) is 42.6 Å². The molecular weight excluding hydrogens is 1140 g/mol. The molecule has 2 aliphatic heterocycles. The Balaban J connectivity index is 0.00000111. The van der Waals surface area contributed by atoms with Crippen molar-refractivity contribution < 1.29 is 29.4 Å². The monoisotopic (exact) mass is 1190 g/mol. The smallest absolute Gasteiger partial charge is 0.753 e. The van der Waals surface area contributed by atoms with Gasteiger partial charge in [0.2, 0.25) is 0 Å². The largest absolute Gasteiger partial charge is 2.00 e. The first-order chi connectivity index (χ1) is 39.3. The van der Waals surface area contributed by atoms with Crippen LogP contribution >= 0.6 is 24.4 Å². The quantitative estimate of drug-likeness (QED) is 0.0799. The minimum Gasteiger partial charge on any atom is -0.753 e. The molecule has 4 aromatic heterocycles. The van der Waals surface area contributed by atoms with Crippen molar-refractivity contribution in [3.05, 3.63) is 273 Å². The maximum absolute atomic E-state index is 11.9. The molecule has 0 unspecified atom stereocenters. The van der Waals surface area contributed by atoms with Crippen LogP contribution in [0.15, 0.2) is 213 Å². The molecule has 10 aromatic rings. The van der Waals surface area contributed by atoms with Crippen molar-refractivity contribution in [1.29, 1.82) is 0 Å². The first-order valence-electron chi connectivity index (χ1n) is 26.1. The summed E-state index contributed by atoms with van der Waals surface area (Å²) in [5.74, 6) is -1.03. The van der Waals surface area contributed by atoms with E-state index in [4.69, 9.17) is 25.8 Å². The topological polar surface area (TPSA) is 140 Å². The molecule has 10 nitrogen and oxygen atoms in total. The predicted octanol–water partition coefficient (Wildman–Crippen LogP) is 17.8. The molecule has 6 aromatic carbocycles. The summed E-state index contributed by atoms with van der Waals surface area (Å²) in [7, 11) is 0. The molecule has 0 amide bonds. The molecule has 6 heterocycles. The Kier molecular flexibility index (Phi) is 17.5. The maximum Gasteiger partial charge on any atom is 2.00 e. The van der Waals surface area contributed by atoms with E-state index >= 15 is 0 Å². The number of aromatic nitrogens is 4. The van der Waals surface area contributed by atoms with Gasteiger partial charge in [0, 0.05) is 34.6 Å². The van der Waals surface area contributed by atoms with E-state index in [0.29, 0.717) is 34.2 Å². The van der Waals surface area contributed by atoms with Crippen LogP contribution in [0.25, 0.3) is 69.3 Å². The summed E-state index contributed by atoms with van der Waals surface area (Å²) in [5.41, 5.74) is 19.6. The van der Waals surface area contributed by atoms with Crippen LogP contribution in [0.1, 0.15) is 82.6 Å². The van der Waals surface area contributed by atoms with Gasteiger partial charge in [-0.2, -0.15) is 10.3 Å². The fourth-order valence-corrected chi connectivity index (χ4v) is 10.8. The van der Waals surface area contributed by atoms with Crippen LogP contribution in [0.4, 0.5) is 34.1 Å². The Labute approximate surface area is 501 Å². The SMILES string of the molecule is CC1(C)c2ccccc2N(c2ccc(/C=C/c3ccnc(-c4cc(/C=C/c5ccc(N6c7ccccc7C(C)(C)c7ccccc76)cc5)cc(-c5cccc(-c6cc(C(=O)O)ccn6)n5)n4)c3)cc2)c2ccccc21.[N-]=C=S.[N-]=C=S.[Ru+2]. The first-order valence-corrected chi connectivity index (χ1v) is 26.9. The Morgan fingerprint density at radius 3 is 1.22 bits per heavy atom. The summed E-state index contributed by atoms with van der Waals surface area (Å²) in [5, 5.41) is 26.6. The van der Waals surface area contributed by atoms with E-state index in [0.717, 1.165) is 33.6 Å². The number of hydrogen-bond acceptors (Lipinski definition) is 9. The number of carboxylic acids is 1. The molecule has 0 bridgehead atoms. The average molecular weight is 1190 g/mol. The van der Waals surface area contributed by atoms with E-state index in [-0.39, 0.29) is 35.9 Å². The fourth-order valence-electron chi connectivity index (χ4n) is 10.8. The molecule has 12 rings (SSSR count). The zero-order valence-corrected chi connectivity index (χ0v) is 48.5. The van der Waals surface area contributed by atoms with Gasteiger partial charge >= 0.3 is 25.4 Å². The van der Waals surface area contributed by atoms with Crippen molar-refractivity contribution in [2.24, 2.45) is 0 Å². The van der Waals surface area contributed by atoms with Gasteiger partial charge in [0.25, 0.3) is 0 Å². The van der Waals surface area contributed by atoms with Gasteiger partial charge in [-0.15, -0.1) is 0 Å². The number of benzene rings is 6. The molecule has 1 N–H and O–H groups in total. The summed E-state index contributed by atoms with van der Waals surface area (Å²) in [6.45, 7) is 9.21. The summed E-state index contributed by atoms with van der Waals surface area (Å²) in [4.78, 5) is 36.0. The van der Waals surface area contributed by atoms with E-state index in [9.17, 15) is 9.90 Å². The second kappa shape index (κ2) is 25.0. The maximum atomic E-state index is 11.9. The molecule has 0 atom stereocenters. The molecular formula is C69H52N8O2RuS2. The molecule has 0 fully saturated rings. The number of isothiocyanates is 2. The van der Waals surface area contributed by atoms with Gasteiger partial charge in [0.1, 0.15) is 0 Å². The second-order valence-electron chi connectivity index (χ2n) is 20.3. The average Bonchev–Trinajstić information content (AvgIpc) is 2.46. The minimum absolute atomic E-state index is 0. The number of nitrogens with zero attached hydrogens (tertiary/aromatic N) is 8. The molecule has 2 aliphatic rings. The number of carbonyl (C=O) groups is 1. The van der Waals surface area contributed by atoms with Crippen LogP contribution in [-0.2, 0) is 30.3 Å². The van der Waals surface area contributed by atoms with Crippen molar-refractivity contribution in [3.8, 4) is 34.2 Å². The normalized spacial score (nSPS) is 13.0. The fraction of sp³-hybridized carbons (Fsp3) is 0.0870. The molecule has 0 spiro atoms. The van der Waals surface area contributed by atoms with Gasteiger partial charge in [-0.1, -0.05) is 180 Å². The van der Waals surface area contributed by atoms with Crippen molar-refractivity contribution in [1.82, 2.24) is 19.9 Å². The van der Waals surface area contributed by atoms with Gasteiger partial charge in [-0.05, 0) is 142 Å². The number of fused-ring (bicyclic) bond motifs is 4. The Morgan fingerprint density at radius 2 is 0.780 bits per heavy atom. The molecule has 13 heteroatoms.